The summed E-state index contributed by atoms with van der Waals surface area (Å²) in [6.45, 7) is 5.03. The number of hydrogen-bond acceptors (Lipinski definition) is 3. The van der Waals surface area contributed by atoms with Gasteiger partial charge in [-0.3, -0.25) is 0 Å². The first-order valence-corrected chi connectivity index (χ1v) is 5.30. The van der Waals surface area contributed by atoms with Gasteiger partial charge in [-0.2, -0.15) is 0 Å². The fourth-order valence-electron chi connectivity index (χ4n) is 2.07. The van der Waals surface area contributed by atoms with Crippen LogP contribution in [0.5, 0.6) is 0 Å². The summed E-state index contributed by atoms with van der Waals surface area (Å²) in [4.78, 5) is 0. The van der Waals surface area contributed by atoms with Crippen LogP contribution in [0.4, 0.5) is 0 Å². The van der Waals surface area contributed by atoms with Gasteiger partial charge in [0.2, 0.25) is 0 Å². The molecule has 0 saturated carbocycles. The molecule has 1 aliphatic heterocycles. The molecule has 1 spiro atoms. The molecule has 0 aromatic carbocycles. The summed E-state index contributed by atoms with van der Waals surface area (Å²) < 4.78 is 11.3. The summed E-state index contributed by atoms with van der Waals surface area (Å²) in [5.41, 5.74) is 8.01. The van der Waals surface area contributed by atoms with Crippen molar-refractivity contribution in [1.82, 2.24) is 0 Å². The van der Waals surface area contributed by atoms with Crippen molar-refractivity contribution in [2.24, 2.45) is 5.73 Å². The standard InChI is InChI=1S/C12H17NO2/c1-2-3-4-10-9-12(6-5-11(10)13)14-7-8-15-12/h2-4H,1,5-9,13H2/b4-3-. The van der Waals surface area contributed by atoms with Gasteiger partial charge >= 0.3 is 0 Å². The van der Waals surface area contributed by atoms with E-state index in [1.165, 1.54) is 0 Å². The van der Waals surface area contributed by atoms with Gasteiger partial charge in [-0.25, -0.2) is 0 Å². The van der Waals surface area contributed by atoms with Crippen LogP contribution in [0.3, 0.4) is 0 Å². The molecule has 3 nitrogen and oxygen atoms in total. The van der Waals surface area contributed by atoms with E-state index in [2.05, 4.69) is 6.58 Å². The Kier molecular flexibility index (Phi) is 2.93. The summed E-state index contributed by atoms with van der Waals surface area (Å²) in [5.74, 6) is -0.399. The Morgan fingerprint density at radius 2 is 2.07 bits per heavy atom. The largest absolute Gasteiger partial charge is 0.402 e. The molecule has 1 aliphatic carbocycles. The molecule has 2 rings (SSSR count). The van der Waals surface area contributed by atoms with E-state index < -0.39 is 5.79 Å². The number of rotatable bonds is 2. The lowest BCUT2D eigenvalue weighted by molar-refractivity contribution is -0.162. The molecule has 1 heterocycles. The first-order chi connectivity index (χ1) is 7.26. The van der Waals surface area contributed by atoms with Crippen LogP contribution in [-0.4, -0.2) is 19.0 Å². The Bertz CT molecular complexity index is 312. The van der Waals surface area contributed by atoms with Gasteiger partial charge < -0.3 is 15.2 Å². The third-order valence-electron chi connectivity index (χ3n) is 2.89. The minimum atomic E-state index is -0.399. The van der Waals surface area contributed by atoms with E-state index in [1.807, 2.05) is 12.2 Å². The van der Waals surface area contributed by atoms with Crippen molar-refractivity contribution in [3.63, 3.8) is 0 Å². The highest BCUT2D eigenvalue weighted by atomic mass is 16.7. The lowest BCUT2D eigenvalue weighted by atomic mass is 9.91. The smallest absolute Gasteiger partial charge is 0.172 e. The number of nitrogens with two attached hydrogens (primary N) is 1. The highest BCUT2D eigenvalue weighted by Crippen LogP contribution is 2.37. The monoisotopic (exact) mass is 207 g/mol. The highest BCUT2D eigenvalue weighted by molar-refractivity contribution is 5.29. The maximum absolute atomic E-state index is 5.95. The van der Waals surface area contributed by atoms with E-state index in [9.17, 15) is 0 Å². The van der Waals surface area contributed by atoms with Gasteiger partial charge in [0.05, 0.1) is 13.2 Å². The lowest BCUT2D eigenvalue weighted by Gasteiger charge is -2.32. The van der Waals surface area contributed by atoms with E-state index >= 15 is 0 Å². The summed E-state index contributed by atoms with van der Waals surface area (Å²) in [6, 6.07) is 0. The minimum Gasteiger partial charge on any atom is -0.402 e. The Hall–Kier alpha value is -1.06. The van der Waals surface area contributed by atoms with E-state index in [-0.39, 0.29) is 0 Å². The fourth-order valence-corrected chi connectivity index (χ4v) is 2.07. The third kappa shape index (κ3) is 2.13. The Labute approximate surface area is 90.2 Å². The SMILES string of the molecule is C=C/C=C\C1=C(N)CCC2(C1)OCCO2. The molecule has 15 heavy (non-hydrogen) atoms. The molecular formula is C12H17NO2. The van der Waals surface area contributed by atoms with E-state index in [0.717, 1.165) is 30.5 Å². The Morgan fingerprint density at radius 1 is 1.33 bits per heavy atom. The predicted molar refractivity (Wildman–Crippen MR) is 59.0 cm³/mol. The van der Waals surface area contributed by atoms with Crippen LogP contribution in [-0.2, 0) is 9.47 Å². The zero-order valence-electron chi connectivity index (χ0n) is 8.87. The van der Waals surface area contributed by atoms with Crippen LogP contribution in [0.25, 0.3) is 0 Å². The van der Waals surface area contributed by atoms with Gasteiger partial charge in [-0.05, 0) is 12.0 Å². The molecule has 0 aromatic rings. The van der Waals surface area contributed by atoms with E-state index in [4.69, 9.17) is 15.2 Å². The van der Waals surface area contributed by atoms with Gasteiger partial charge in [0.1, 0.15) is 0 Å². The minimum absolute atomic E-state index is 0.399. The first-order valence-electron chi connectivity index (χ1n) is 5.30. The van der Waals surface area contributed by atoms with Crippen molar-refractivity contribution in [3.8, 4) is 0 Å². The molecule has 82 valence electrons. The van der Waals surface area contributed by atoms with Crippen LogP contribution in [0.15, 0.2) is 36.1 Å². The van der Waals surface area contributed by atoms with Crippen molar-refractivity contribution in [2.75, 3.05) is 13.2 Å². The number of ether oxygens (including phenoxy) is 2. The molecular weight excluding hydrogens is 190 g/mol. The van der Waals surface area contributed by atoms with Crippen LogP contribution in [0.2, 0.25) is 0 Å². The maximum atomic E-state index is 5.95. The molecule has 2 aliphatic rings. The molecule has 0 radical (unpaired) electrons. The third-order valence-corrected chi connectivity index (χ3v) is 2.89. The predicted octanol–water partition coefficient (Wildman–Crippen LogP) is 1.87. The van der Waals surface area contributed by atoms with Crippen molar-refractivity contribution < 1.29 is 9.47 Å². The van der Waals surface area contributed by atoms with Crippen molar-refractivity contribution in [2.45, 2.75) is 25.0 Å². The Balaban J connectivity index is 2.14. The molecule has 0 bridgehead atoms. The molecule has 0 atom stereocenters. The van der Waals surface area contributed by atoms with E-state index in [0.29, 0.717) is 13.2 Å². The molecule has 0 aromatic heterocycles. The van der Waals surface area contributed by atoms with Gasteiger partial charge in [-0.15, -0.1) is 0 Å². The summed E-state index contributed by atoms with van der Waals surface area (Å²) in [5, 5.41) is 0. The molecule has 0 unspecified atom stereocenters. The van der Waals surface area contributed by atoms with Crippen LogP contribution >= 0.6 is 0 Å². The van der Waals surface area contributed by atoms with Crippen molar-refractivity contribution in [3.05, 3.63) is 36.1 Å². The average molecular weight is 207 g/mol. The second-order valence-corrected chi connectivity index (χ2v) is 3.93. The van der Waals surface area contributed by atoms with Crippen molar-refractivity contribution >= 4 is 0 Å². The molecule has 1 saturated heterocycles. The van der Waals surface area contributed by atoms with Crippen LogP contribution < -0.4 is 5.73 Å². The van der Waals surface area contributed by atoms with Crippen LogP contribution in [0.1, 0.15) is 19.3 Å². The van der Waals surface area contributed by atoms with Crippen molar-refractivity contribution in [1.29, 1.82) is 0 Å². The van der Waals surface area contributed by atoms with Gasteiger partial charge in [0.25, 0.3) is 0 Å². The quantitative estimate of drug-likeness (QED) is 0.703. The fraction of sp³-hybridized carbons (Fsp3) is 0.500. The van der Waals surface area contributed by atoms with Gasteiger partial charge in [0.15, 0.2) is 5.79 Å². The maximum Gasteiger partial charge on any atom is 0.172 e. The highest BCUT2D eigenvalue weighted by Gasteiger charge is 2.39. The second-order valence-electron chi connectivity index (χ2n) is 3.93. The topological polar surface area (TPSA) is 44.5 Å². The van der Waals surface area contributed by atoms with E-state index in [1.54, 1.807) is 6.08 Å². The average Bonchev–Trinajstić information content (AvgIpc) is 2.69. The molecule has 1 fully saturated rings. The lowest BCUT2D eigenvalue weighted by Crippen LogP contribution is -2.34. The Morgan fingerprint density at radius 3 is 2.73 bits per heavy atom. The normalized spacial score (nSPS) is 25.3. The number of hydrogen-bond donors (Lipinski definition) is 1. The first kappa shape index (κ1) is 10.5. The molecule has 2 N–H and O–H groups in total. The van der Waals surface area contributed by atoms with Gasteiger partial charge in [0, 0.05) is 18.5 Å². The molecule has 0 amide bonds. The number of allylic oxidation sites excluding steroid dienone is 4. The molecule has 3 heteroatoms. The summed E-state index contributed by atoms with van der Waals surface area (Å²) in [7, 11) is 0. The zero-order valence-corrected chi connectivity index (χ0v) is 8.87. The van der Waals surface area contributed by atoms with Crippen LogP contribution in [0, 0.1) is 0 Å². The summed E-state index contributed by atoms with van der Waals surface area (Å²) >= 11 is 0. The van der Waals surface area contributed by atoms with Gasteiger partial charge in [-0.1, -0.05) is 24.8 Å². The zero-order chi connectivity index (χ0) is 10.7. The summed E-state index contributed by atoms with van der Waals surface area (Å²) in [6.07, 6.45) is 8.10. The second kappa shape index (κ2) is 4.21.